The lowest BCUT2D eigenvalue weighted by atomic mass is 9.88. The summed E-state index contributed by atoms with van der Waals surface area (Å²) in [6.07, 6.45) is 5.28. The zero-order valence-corrected chi connectivity index (χ0v) is 25.1. The number of unbranched alkanes of at least 4 members (excludes halogenated alkanes) is 3. The van der Waals surface area contributed by atoms with E-state index in [9.17, 15) is 4.79 Å². The monoisotopic (exact) mass is 580 g/mol. The van der Waals surface area contributed by atoms with Crippen molar-refractivity contribution in [2.24, 2.45) is 0 Å². The summed E-state index contributed by atoms with van der Waals surface area (Å²) in [6.45, 7) is 3.38. The van der Waals surface area contributed by atoms with Gasteiger partial charge >= 0.3 is 5.97 Å². The van der Waals surface area contributed by atoms with Crippen molar-refractivity contribution in [2.45, 2.75) is 57.3 Å². The van der Waals surface area contributed by atoms with Crippen molar-refractivity contribution >= 4 is 29.7 Å². The lowest BCUT2D eigenvalue weighted by Gasteiger charge is -2.17. The van der Waals surface area contributed by atoms with Gasteiger partial charge in [0.25, 0.3) is 0 Å². The summed E-state index contributed by atoms with van der Waals surface area (Å²) < 4.78 is 12.1. The van der Waals surface area contributed by atoms with Gasteiger partial charge in [-0.15, -0.1) is 0 Å². The molecular weight excluding hydrogens is 540 g/mol. The number of thiol groups is 1. The molecule has 0 spiro atoms. The highest BCUT2D eigenvalue weighted by Crippen LogP contribution is 2.35. The Kier molecular flexibility index (Phi) is 12.2. The van der Waals surface area contributed by atoms with E-state index in [1.165, 1.54) is 16.7 Å². The number of carboxylic acids is 1. The molecule has 0 aliphatic carbocycles. The molecule has 0 amide bonds. The van der Waals surface area contributed by atoms with Gasteiger partial charge in [0, 0.05) is 0 Å². The summed E-state index contributed by atoms with van der Waals surface area (Å²) >= 11 is 4.09. The van der Waals surface area contributed by atoms with Gasteiger partial charge in [0.1, 0.15) is 18.1 Å². The molecule has 0 fully saturated rings. The van der Waals surface area contributed by atoms with Crippen LogP contribution in [0.15, 0.2) is 109 Å². The van der Waals surface area contributed by atoms with E-state index >= 15 is 0 Å². The van der Waals surface area contributed by atoms with Gasteiger partial charge in [-0.1, -0.05) is 111 Å². The summed E-state index contributed by atoms with van der Waals surface area (Å²) in [7, 11) is 0. The van der Waals surface area contributed by atoms with Gasteiger partial charge in [-0.25, -0.2) is 0 Å². The van der Waals surface area contributed by atoms with Crippen LogP contribution in [0.4, 0.5) is 0 Å². The molecule has 4 rings (SSSR count). The Morgan fingerprint density at radius 1 is 0.690 bits per heavy atom. The maximum absolute atomic E-state index is 10.9. The maximum Gasteiger partial charge on any atom is 0.316 e. The second-order valence-electron chi connectivity index (χ2n) is 10.3. The zero-order chi connectivity index (χ0) is 29.6. The summed E-state index contributed by atoms with van der Waals surface area (Å²) in [4.78, 5) is 10.9. The highest BCUT2D eigenvalue weighted by Gasteiger charge is 2.14. The van der Waals surface area contributed by atoms with E-state index in [1.807, 2.05) is 42.5 Å². The Balaban J connectivity index is 1.44. The first-order valence-electron chi connectivity index (χ1n) is 14.7. The normalized spacial score (nSPS) is 12.3. The fourth-order valence-electron chi connectivity index (χ4n) is 4.96. The summed E-state index contributed by atoms with van der Waals surface area (Å²) in [6, 6.07) is 37.5. The maximum atomic E-state index is 10.9. The first-order valence-corrected chi connectivity index (χ1v) is 15.3. The molecule has 0 bridgehead atoms. The number of allylic oxidation sites excluding steroid dienone is 1. The Morgan fingerprint density at radius 3 is 1.81 bits per heavy atom. The third-order valence-corrected chi connectivity index (χ3v) is 7.72. The van der Waals surface area contributed by atoms with E-state index in [0.717, 1.165) is 60.3 Å². The molecule has 0 saturated heterocycles. The third kappa shape index (κ3) is 9.28. The van der Waals surface area contributed by atoms with Crippen LogP contribution < -0.4 is 9.47 Å². The van der Waals surface area contributed by atoms with E-state index in [0.29, 0.717) is 19.6 Å². The van der Waals surface area contributed by atoms with E-state index in [1.54, 1.807) is 0 Å². The van der Waals surface area contributed by atoms with Crippen molar-refractivity contribution in [1.29, 1.82) is 0 Å². The topological polar surface area (TPSA) is 55.8 Å². The van der Waals surface area contributed by atoms with Crippen LogP contribution in [0.3, 0.4) is 0 Å². The molecule has 218 valence electrons. The van der Waals surface area contributed by atoms with Crippen molar-refractivity contribution in [3.63, 3.8) is 0 Å². The second-order valence-corrected chi connectivity index (χ2v) is 10.9. The average molecular weight is 581 g/mol. The molecule has 42 heavy (non-hydrogen) atoms. The molecule has 0 saturated carbocycles. The highest BCUT2D eigenvalue weighted by molar-refractivity contribution is 7.81. The molecule has 1 N–H and O–H groups in total. The van der Waals surface area contributed by atoms with Crippen LogP contribution in [0.2, 0.25) is 0 Å². The first-order chi connectivity index (χ1) is 20.5. The Morgan fingerprint density at radius 2 is 1.24 bits per heavy atom. The smallest absolute Gasteiger partial charge is 0.316 e. The van der Waals surface area contributed by atoms with Crippen LogP contribution in [-0.2, 0) is 11.4 Å². The van der Waals surface area contributed by atoms with Gasteiger partial charge in [-0.3, -0.25) is 4.79 Å². The van der Waals surface area contributed by atoms with Crippen LogP contribution in [0.5, 0.6) is 11.5 Å². The lowest BCUT2D eigenvalue weighted by molar-refractivity contribution is -0.136. The van der Waals surface area contributed by atoms with Gasteiger partial charge in [-0.05, 0) is 76.9 Å². The highest BCUT2D eigenvalue weighted by atomic mass is 32.1. The van der Waals surface area contributed by atoms with Gasteiger partial charge in [0.15, 0.2) is 0 Å². The van der Waals surface area contributed by atoms with Crippen molar-refractivity contribution in [3.8, 4) is 11.5 Å². The zero-order valence-electron chi connectivity index (χ0n) is 24.2. The largest absolute Gasteiger partial charge is 0.494 e. The molecule has 1 unspecified atom stereocenters. The summed E-state index contributed by atoms with van der Waals surface area (Å²) in [5.74, 6) is 0.848. The molecule has 0 radical (unpaired) electrons. The Hall–Kier alpha value is -3.96. The molecule has 0 aliphatic heterocycles. The molecule has 0 heterocycles. The molecule has 4 nitrogen and oxygen atoms in total. The summed E-state index contributed by atoms with van der Waals surface area (Å²) in [5.41, 5.74) is 7.13. The van der Waals surface area contributed by atoms with Gasteiger partial charge < -0.3 is 14.6 Å². The number of ether oxygens (including phenoxy) is 2. The number of carboxylic acid groups (broad SMARTS) is 1. The molecule has 5 heteroatoms. The second kappa shape index (κ2) is 16.5. The Bertz CT molecular complexity index is 1400. The summed E-state index contributed by atoms with van der Waals surface area (Å²) in [5, 5.41) is 8.36. The molecule has 4 aromatic rings. The van der Waals surface area contributed by atoms with Crippen LogP contribution >= 0.6 is 12.6 Å². The van der Waals surface area contributed by atoms with E-state index < -0.39 is 11.2 Å². The standard InChI is InChI=1S/C37H40O4S/c1-2-34(29-15-9-6-10-16-29)36(31-20-24-33(25-21-31)41-27-28-13-7-5-8-14-28)30-18-22-32(23-19-30)40-26-12-4-3-11-17-35(42)37(38)39/h5-10,13-16,18-25,35,42H,2-4,11-12,17,26-27H2,1H3,(H,38,39)/b36-34+. The molecule has 1 atom stereocenters. The van der Waals surface area contributed by atoms with Gasteiger partial charge in [0.05, 0.1) is 11.9 Å². The lowest BCUT2D eigenvalue weighted by Crippen LogP contribution is -2.12. The fourth-order valence-corrected chi connectivity index (χ4v) is 5.15. The van der Waals surface area contributed by atoms with Crippen LogP contribution in [0.1, 0.15) is 67.7 Å². The van der Waals surface area contributed by atoms with Crippen molar-refractivity contribution in [1.82, 2.24) is 0 Å². The number of hydrogen-bond acceptors (Lipinski definition) is 4. The molecular formula is C37H40O4S. The predicted molar refractivity (Wildman–Crippen MR) is 175 cm³/mol. The number of hydrogen-bond donors (Lipinski definition) is 2. The van der Waals surface area contributed by atoms with Crippen molar-refractivity contribution in [3.05, 3.63) is 131 Å². The van der Waals surface area contributed by atoms with E-state index in [2.05, 4.69) is 86.3 Å². The predicted octanol–water partition coefficient (Wildman–Crippen LogP) is 9.35. The van der Waals surface area contributed by atoms with E-state index in [4.69, 9.17) is 14.6 Å². The third-order valence-electron chi connectivity index (χ3n) is 7.24. The number of aliphatic carboxylic acids is 1. The van der Waals surface area contributed by atoms with Gasteiger partial charge in [0.2, 0.25) is 0 Å². The Labute approximate surface area is 255 Å². The van der Waals surface area contributed by atoms with Crippen molar-refractivity contribution < 1.29 is 19.4 Å². The van der Waals surface area contributed by atoms with E-state index in [-0.39, 0.29) is 0 Å². The first kappa shape index (κ1) is 31.0. The average Bonchev–Trinajstić information content (AvgIpc) is 3.03. The molecule has 0 aliphatic rings. The van der Waals surface area contributed by atoms with Crippen molar-refractivity contribution in [2.75, 3.05) is 6.61 Å². The number of carbonyl (C=O) groups is 1. The minimum atomic E-state index is -0.845. The van der Waals surface area contributed by atoms with Crippen LogP contribution in [0.25, 0.3) is 11.1 Å². The quantitative estimate of drug-likeness (QED) is 0.0788. The molecule has 4 aromatic carbocycles. The minimum Gasteiger partial charge on any atom is -0.494 e. The minimum absolute atomic E-state index is 0.537. The SMILES string of the molecule is CC/C(=C(/c1ccc(OCCCCCCC(S)C(=O)O)cc1)c1ccc(OCc2ccccc2)cc1)c1ccccc1. The molecule has 0 aromatic heterocycles. The van der Waals surface area contributed by atoms with Crippen LogP contribution in [0, 0.1) is 0 Å². The fraction of sp³-hybridized carbons (Fsp3) is 0.270. The number of rotatable bonds is 16. The number of benzene rings is 4. The van der Waals surface area contributed by atoms with Gasteiger partial charge in [-0.2, -0.15) is 12.6 Å². The van der Waals surface area contributed by atoms with Crippen LogP contribution in [-0.4, -0.2) is 22.9 Å².